The minimum atomic E-state index is -0.848. The van der Waals surface area contributed by atoms with Crippen LogP contribution in [0.5, 0.6) is 0 Å². The molecule has 0 aliphatic heterocycles. The van der Waals surface area contributed by atoms with Crippen LogP contribution in [-0.4, -0.2) is 0 Å². The molecule has 0 aromatic heterocycles. The number of rotatable bonds is 2. The highest BCUT2D eigenvalue weighted by Crippen LogP contribution is 2.49. The van der Waals surface area contributed by atoms with Crippen molar-refractivity contribution in [3.63, 3.8) is 0 Å². The Hall–Kier alpha value is -2.10. The first-order chi connectivity index (χ1) is 12.5. The van der Waals surface area contributed by atoms with Crippen LogP contribution in [-0.2, 0) is 6.42 Å². The van der Waals surface area contributed by atoms with Crippen molar-refractivity contribution in [1.29, 1.82) is 0 Å². The first-order valence-electron chi connectivity index (χ1n) is 9.07. The summed E-state index contributed by atoms with van der Waals surface area (Å²) in [5, 5.41) is 0. The van der Waals surface area contributed by atoms with Crippen molar-refractivity contribution in [2.24, 2.45) is 11.8 Å². The van der Waals surface area contributed by atoms with Crippen molar-refractivity contribution in [1.82, 2.24) is 0 Å². The quantitative estimate of drug-likeness (QED) is 0.421. The lowest BCUT2D eigenvalue weighted by molar-refractivity contribution is 0.235. The lowest BCUT2D eigenvalue weighted by atomic mass is 9.65. The van der Waals surface area contributed by atoms with E-state index in [1.165, 1.54) is 6.07 Å². The predicted molar refractivity (Wildman–Crippen MR) is 93.8 cm³/mol. The molecule has 0 radical (unpaired) electrons. The van der Waals surface area contributed by atoms with Crippen LogP contribution in [0.15, 0.2) is 36.9 Å². The van der Waals surface area contributed by atoms with E-state index in [1.54, 1.807) is 0 Å². The van der Waals surface area contributed by atoms with Crippen molar-refractivity contribution in [3.8, 4) is 11.1 Å². The molecule has 1 saturated carbocycles. The van der Waals surface area contributed by atoms with E-state index in [2.05, 4.69) is 6.58 Å². The molecule has 2 aliphatic rings. The summed E-state index contributed by atoms with van der Waals surface area (Å²) in [6.45, 7) is 3.87. The molecule has 26 heavy (non-hydrogen) atoms. The Morgan fingerprint density at radius 2 is 1.65 bits per heavy atom. The third kappa shape index (κ3) is 2.85. The molecule has 0 bridgehead atoms. The lowest BCUT2D eigenvalue weighted by Gasteiger charge is -2.40. The molecule has 1 fully saturated rings. The molecule has 2 aromatic rings. The standard InChI is InChI=1S/C22H20F4/c1-2-12-3-5-17-13(7-12)4-6-18-19(17)11-20(25)21(22(18)26)14-8-15(23)10-16(24)9-14/h2,8-13,17H,1,3-7H2/t12-,13-,17+/m1/s1. The van der Waals surface area contributed by atoms with Crippen molar-refractivity contribution in [2.45, 2.75) is 38.0 Å². The summed E-state index contributed by atoms with van der Waals surface area (Å²) in [4.78, 5) is 0. The second kappa shape index (κ2) is 6.57. The third-order valence-corrected chi connectivity index (χ3v) is 6.03. The van der Waals surface area contributed by atoms with E-state index in [0.29, 0.717) is 29.9 Å². The van der Waals surface area contributed by atoms with E-state index < -0.39 is 23.3 Å². The molecule has 136 valence electrons. The first-order valence-corrected chi connectivity index (χ1v) is 9.07. The molecule has 0 unspecified atom stereocenters. The van der Waals surface area contributed by atoms with E-state index in [4.69, 9.17) is 0 Å². The van der Waals surface area contributed by atoms with Gasteiger partial charge >= 0.3 is 0 Å². The molecule has 2 aliphatic carbocycles. The summed E-state index contributed by atoms with van der Waals surface area (Å²) in [6, 6.07) is 4.03. The van der Waals surface area contributed by atoms with Gasteiger partial charge in [-0.2, -0.15) is 0 Å². The van der Waals surface area contributed by atoms with Crippen LogP contribution in [0.25, 0.3) is 11.1 Å². The van der Waals surface area contributed by atoms with Crippen LogP contribution >= 0.6 is 0 Å². The Morgan fingerprint density at radius 1 is 0.923 bits per heavy atom. The molecule has 4 rings (SSSR count). The highest BCUT2D eigenvalue weighted by atomic mass is 19.1. The number of allylic oxidation sites excluding steroid dienone is 1. The van der Waals surface area contributed by atoms with Gasteiger partial charge in [0.05, 0.1) is 5.56 Å². The van der Waals surface area contributed by atoms with Crippen molar-refractivity contribution in [2.75, 3.05) is 0 Å². The van der Waals surface area contributed by atoms with Gasteiger partial charge in [-0.25, -0.2) is 17.6 Å². The highest BCUT2D eigenvalue weighted by Gasteiger charge is 2.37. The molecule has 0 heterocycles. The number of halogens is 4. The molecule has 0 saturated heterocycles. The van der Waals surface area contributed by atoms with E-state index in [0.717, 1.165) is 43.4 Å². The predicted octanol–water partition coefficient (Wildman–Crippen LogP) is 6.54. The number of hydrogen-bond donors (Lipinski definition) is 0. The van der Waals surface area contributed by atoms with Crippen LogP contribution in [0.4, 0.5) is 17.6 Å². The minimum absolute atomic E-state index is 0.0993. The maximum Gasteiger partial charge on any atom is 0.137 e. The van der Waals surface area contributed by atoms with Gasteiger partial charge in [0.1, 0.15) is 23.3 Å². The molecule has 4 heteroatoms. The zero-order valence-corrected chi connectivity index (χ0v) is 14.4. The van der Waals surface area contributed by atoms with Gasteiger partial charge in [-0.3, -0.25) is 0 Å². The molecular weight excluding hydrogens is 340 g/mol. The van der Waals surface area contributed by atoms with Gasteiger partial charge in [0.2, 0.25) is 0 Å². The van der Waals surface area contributed by atoms with Crippen LogP contribution < -0.4 is 0 Å². The number of hydrogen-bond acceptors (Lipinski definition) is 0. The van der Waals surface area contributed by atoms with Crippen LogP contribution in [0.1, 0.15) is 42.7 Å². The zero-order valence-electron chi connectivity index (χ0n) is 14.4. The Kier molecular flexibility index (Phi) is 4.37. The molecule has 0 N–H and O–H groups in total. The molecule has 2 aromatic carbocycles. The SMILES string of the molecule is C=C[C@@H]1CC[C@@H]2c3cc(F)c(-c4cc(F)cc(F)c4)c(F)c3CC[C@@H]2C1. The van der Waals surface area contributed by atoms with Crippen molar-refractivity contribution in [3.05, 3.63) is 71.3 Å². The molecule has 0 nitrogen and oxygen atoms in total. The second-order valence-corrected chi connectivity index (χ2v) is 7.49. The maximum atomic E-state index is 15.2. The number of benzene rings is 2. The van der Waals surface area contributed by atoms with Crippen LogP contribution in [0.2, 0.25) is 0 Å². The molecule has 0 amide bonds. The zero-order chi connectivity index (χ0) is 18.4. The average Bonchev–Trinajstić information content (AvgIpc) is 2.60. The first kappa shape index (κ1) is 17.3. The van der Waals surface area contributed by atoms with Crippen LogP contribution in [0, 0.1) is 35.1 Å². The summed E-state index contributed by atoms with van der Waals surface area (Å²) in [5.74, 6) is -2.08. The second-order valence-electron chi connectivity index (χ2n) is 7.49. The monoisotopic (exact) mass is 360 g/mol. The van der Waals surface area contributed by atoms with E-state index in [1.807, 2.05) is 6.08 Å². The smallest absolute Gasteiger partial charge is 0.137 e. The van der Waals surface area contributed by atoms with Gasteiger partial charge in [0, 0.05) is 6.07 Å². The molecule has 0 spiro atoms. The normalized spacial score (nSPS) is 24.7. The van der Waals surface area contributed by atoms with E-state index in [9.17, 15) is 13.2 Å². The van der Waals surface area contributed by atoms with E-state index >= 15 is 4.39 Å². The van der Waals surface area contributed by atoms with E-state index in [-0.39, 0.29) is 17.0 Å². The minimum Gasteiger partial charge on any atom is -0.207 e. The summed E-state index contributed by atoms with van der Waals surface area (Å²) >= 11 is 0. The Morgan fingerprint density at radius 3 is 2.35 bits per heavy atom. The summed E-state index contributed by atoms with van der Waals surface area (Å²) in [6.07, 6.45) is 6.23. The summed E-state index contributed by atoms with van der Waals surface area (Å²) in [5.41, 5.74) is 0.807. The largest absolute Gasteiger partial charge is 0.207 e. The maximum absolute atomic E-state index is 15.2. The topological polar surface area (TPSA) is 0 Å². The van der Waals surface area contributed by atoms with Crippen molar-refractivity contribution >= 4 is 0 Å². The van der Waals surface area contributed by atoms with Gasteiger partial charge in [0.25, 0.3) is 0 Å². The fraction of sp³-hybridized carbons (Fsp3) is 0.364. The van der Waals surface area contributed by atoms with Crippen molar-refractivity contribution < 1.29 is 17.6 Å². The molecular formula is C22H20F4. The fourth-order valence-corrected chi connectivity index (χ4v) is 4.80. The average molecular weight is 360 g/mol. The molecule has 3 atom stereocenters. The Bertz CT molecular complexity index is 851. The third-order valence-electron chi connectivity index (χ3n) is 6.03. The van der Waals surface area contributed by atoms with Gasteiger partial charge < -0.3 is 0 Å². The lowest BCUT2D eigenvalue weighted by Crippen LogP contribution is -2.28. The number of fused-ring (bicyclic) bond motifs is 3. The highest BCUT2D eigenvalue weighted by molar-refractivity contribution is 5.67. The summed E-state index contributed by atoms with van der Waals surface area (Å²) in [7, 11) is 0. The van der Waals surface area contributed by atoms with Gasteiger partial charge in [-0.15, -0.1) is 6.58 Å². The van der Waals surface area contributed by atoms with Gasteiger partial charge in [-0.1, -0.05) is 6.08 Å². The van der Waals surface area contributed by atoms with Gasteiger partial charge in [0.15, 0.2) is 0 Å². The Labute approximate surface area is 150 Å². The Balaban J connectivity index is 1.79. The van der Waals surface area contributed by atoms with Crippen LogP contribution in [0.3, 0.4) is 0 Å². The van der Waals surface area contributed by atoms with Gasteiger partial charge in [-0.05, 0) is 84.7 Å². The fourth-order valence-electron chi connectivity index (χ4n) is 4.80. The summed E-state index contributed by atoms with van der Waals surface area (Å²) < 4.78 is 57.0.